The van der Waals surface area contributed by atoms with Crippen LogP contribution >= 0.6 is 0 Å². The molecule has 0 unspecified atom stereocenters. The Morgan fingerprint density at radius 3 is 1.09 bits per heavy atom. The van der Waals surface area contributed by atoms with Gasteiger partial charge in [0.05, 0.1) is 11.4 Å². The topological polar surface area (TPSA) is 6.48 Å². The maximum atomic E-state index is 17.1. The zero-order valence-electron chi connectivity index (χ0n) is 44.6. The van der Waals surface area contributed by atoms with E-state index >= 15 is 8.78 Å². The molecule has 0 heterocycles. The molecule has 376 valence electrons. The fourth-order valence-electron chi connectivity index (χ4n) is 13.3. The van der Waals surface area contributed by atoms with Gasteiger partial charge in [0.1, 0.15) is 11.6 Å². The van der Waals surface area contributed by atoms with E-state index in [4.69, 9.17) is 0 Å². The molecule has 2 nitrogen and oxygen atoms in total. The molecule has 0 amide bonds. The quantitative estimate of drug-likeness (QED) is 0.150. The number of hydrogen-bond donors (Lipinski definition) is 0. The molecule has 0 aromatic heterocycles. The second-order valence-corrected chi connectivity index (χ2v) is 22.5. The minimum absolute atomic E-state index is 0.304. The Morgan fingerprint density at radius 1 is 0.295 bits per heavy atom. The van der Waals surface area contributed by atoms with Crippen molar-refractivity contribution in [2.45, 2.75) is 52.4 Å². The summed E-state index contributed by atoms with van der Waals surface area (Å²) in [7, 11) is 0. The van der Waals surface area contributed by atoms with E-state index in [-0.39, 0.29) is 11.6 Å². The van der Waals surface area contributed by atoms with Crippen LogP contribution < -0.4 is 9.80 Å². The lowest BCUT2D eigenvalue weighted by Gasteiger charge is -2.29. The number of hydrogen-bond acceptors (Lipinski definition) is 2. The summed E-state index contributed by atoms with van der Waals surface area (Å²) in [6.07, 6.45) is 0. The summed E-state index contributed by atoms with van der Waals surface area (Å²) in [5.74, 6) is -0.608. The fourth-order valence-corrected chi connectivity index (χ4v) is 13.3. The third-order valence-electron chi connectivity index (χ3n) is 17.0. The highest BCUT2D eigenvalue weighted by molar-refractivity contribution is 6.17. The number of fused-ring (bicyclic) bond motifs is 9. The third kappa shape index (κ3) is 7.19. The van der Waals surface area contributed by atoms with Gasteiger partial charge < -0.3 is 9.80 Å². The first-order valence-corrected chi connectivity index (χ1v) is 27.0. The van der Waals surface area contributed by atoms with Crippen molar-refractivity contribution in [1.82, 2.24) is 0 Å². The molecule has 2 aliphatic carbocycles. The lowest BCUT2D eigenvalue weighted by Crippen LogP contribution is -2.17. The Bertz CT molecular complexity index is 4170. The van der Waals surface area contributed by atoms with Gasteiger partial charge in [-0.15, -0.1) is 0 Å². The summed E-state index contributed by atoms with van der Waals surface area (Å²) in [6, 6.07) is 80.2. The number of benzene rings is 12. The molecule has 0 saturated carbocycles. The molecule has 0 saturated heterocycles. The van der Waals surface area contributed by atoms with Crippen LogP contribution in [0.3, 0.4) is 0 Å². The van der Waals surface area contributed by atoms with E-state index in [0.717, 1.165) is 122 Å². The number of nitrogens with zero attached hydrogens (tertiary/aromatic N) is 2. The van der Waals surface area contributed by atoms with Crippen LogP contribution in [0.4, 0.5) is 42.9 Å². The second kappa shape index (κ2) is 17.7. The smallest absolute Gasteiger partial charge is 0.131 e. The van der Waals surface area contributed by atoms with Crippen LogP contribution in [-0.2, 0) is 10.8 Å². The average molecular weight is 1010 g/mol. The maximum Gasteiger partial charge on any atom is 0.131 e. The summed E-state index contributed by atoms with van der Waals surface area (Å²) in [5.41, 5.74) is 18.8. The van der Waals surface area contributed by atoms with E-state index in [1.54, 1.807) is 24.3 Å². The molecular formula is C74H56F2N2. The van der Waals surface area contributed by atoms with Gasteiger partial charge in [0.15, 0.2) is 0 Å². The standard InChI is InChI=1S/C74H56F2N2/c1-45-19-15-25-49(39-45)77(67-33-17-23-47-21-7-9-27-53(47)67)51-35-37-55-61(41-51)73(3,4)63-43-59-60(69(71(55)63)57-29-11-13-31-65(57)75)44-64-72(70(59)58-30-12-14-32-66(58)76)56-38-36-52(42-62(56)74(64,5)6)78(50-26-16-20-46(2)40-50)68-34-18-24-48-22-8-10-28-54(48)68/h7-44H,1-6H3. The molecule has 0 bridgehead atoms. The van der Waals surface area contributed by atoms with E-state index in [1.165, 1.54) is 11.1 Å². The molecule has 14 rings (SSSR count). The average Bonchev–Trinajstić information content (AvgIpc) is 3.71. The van der Waals surface area contributed by atoms with Crippen molar-refractivity contribution in [2.24, 2.45) is 0 Å². The van der Waals surface area contributed by atoms with E-state index in [0.29, 0.717) is 11.1 Å². The minimum atomic E-state index is -0.565. The first kappa shape index (κ1) is 47.3. The lowest BCUT2D eigenvalue weighted by atomic mass is 9.76. The van der Waals surface area contributed by atoms with Crippen LogP contribution in [0.2, 0.25) is 0 Å². The predicted molar refractivity (Wildman–Crippen MR) is 324 cm³/mol. The largest absolute Gasteiger partial charge is 0.310 e. The van der Waals surface area contributed by atoms with Gasteiger partial charge in [-0.05, 0) is 176 Å². The minimum Gasteiger partial charge on any atom is -0.310 e. The Labute approximate surface area is 455 Å². The second-order valence-electron chi connectivity index (χ2n) is 22.5. The SMILES string of the molecule is Cc1cccc(N(c2ccc3c(c2)C(C)(C)c2cc4c(-c5ccccc5F)c5c(cc4c(-c4ccccc4F)c2-3)C(C)(C)c2cc(N(c3cccc(C)c3)c3cccc4ccccc34)ccc2-5)c2cccc3ccccc23)c1. The first-order valence-electron chi connectivity index (χ1n) is 27.0. The molecule has 2 aliphatic rings. The number of anilines is 6. The Kier molecular flexibility index (Phi) is 10.8. The summed E-state index contributed by atoms with van der Waals surface area (Å²) in [5, 5.41) is 6.41. The molecule has 12 aromatic rings. The van der Waals surface area contributed by atoms with Gasteiger partial charge in [0, 0.05) is 66.6 Å². The molecule has 0 fully saturated rings. The number of rotatable bonds is 8. The van der Waals surface area contributed by atoms with E-state index in [1.807, 2.05) is 24.3 Å². The van der Waals surface area contributed by atoms with Crippen LogP contribution in [0.15, 0.2) is 231 Å². The molecule has 0 atom stereocenters. The predicted octanol–water partition coefficient (Wildman–Crippen LogP) is 20.9. The van der Waals surface area contributed by atoms with Crippen LogP contribution in [0.1, 0.15) is 61.1 Å². The summed E-state index contributed by atoms with van der Waals surface area (Å²) < 4.78 is 34.3. The molecule has 0 aliphatic heterocycles. The molecule has 12 aromatic carbocycles. The van der Waals surface area contributed by atoms with Crippen molar-refractivity contribution in [3.05, 3.63) is 276 Å². The highest BCUT2D eigenvalue weighted by Gasteiger charge is 2.43. The van der Waals surface area contributed by atoms with Gasteiger partial charge in [0.2, 0.25) is 0 Å². The summed E-state index contributed by atoms with van der Waals surface area (Å²) in [6.45, 7) is 13.4. The van der Waals surface area contributed by atoms with Crippen molar-refractivity contribution in [3.63, 3.8) is 0 Å². The van der Waals surface area contributed by atoms with Crippen molar-refractivity contribution in [1.29, 1.82) is 0 Å². The highest BCUT2D eigenvalue weighted by Crippen LogP contribution is 2.61. The Balaban J connectivity index is 1.03. The van der Waals surface area contributed by atoms with Gasteiger partial charge >= 0.3 is 0 Å². The lowest BCUT2D eigenvalue weighted by molar-refractivity contribution is 0.630. The van der Waals surface area contributed by atoms with Gasteiger partial charge in [-0.2, -0.15) is 0 Å². The third-order valence-corrected chi connectivity index (χ3v) is 17.0. The first-order chi connectivity index (χ1) is 37.9. The molecule has 0 spiro atoms. The summed E-state index contributed by atoms with van der Waals surface area (Å²) in [4.78, 5) is 4.74. The van der Waals surface area contributed by atoms with Gasteiger partial charge in [0.25, 0.3) is 0 Å². The number of halogens is 2. The zero-order chi connectivity index (χ0) is 53.2. The van der Waals surface area contributed by atoms with Gasteiger partial charge in [-0.1, -0.05) is 173 Å². The molecule has 0 N–H and O–H groups in total. The summed E-state index contributed by atoms with van der Waals surface area (Å²) >= 11 is 0. The normalized spacial score (nSPS) is 13.6. The maximum absolute atomic E-state index is 17.1. The highest BCUT2D eigenvalue weighted by atomic mass is 19.1. The van der Waals surface area contributed by atoms with Crippen LogP contribution in [-0.4, -0.2) is 0 Å². The van der Waals surface area contributed by atoms with Crippen molar-refractivity contribution in [3.8, 4) is 44.5 Å². The molecule has 78 heavy (non-hydrogen) atoms. The van der Waals surface area contributed by atoms with Gasteiger partial charge in [-0.25, -0.2) is 8.78 Å². The van der Waals surface area contributed by atoms with Gasteiger partial charge in [-0.3, -0.25) is 0 Å². The molecule has 0 radical (unpaired) electrons. The van der Waals surface area contributed by atoms with Crippen LogP contribution in [0.5, 0.6) is 0 Å². The number of aryl methyl sites for hydroxylation is 2. The van der Waals surface area contributed by atoms with Crippen LogP contribution in [0, 0.1) is 25.5 Å². The van der Waals surface area contributed by atoms with Crippen molar-refractivity contribution < 1.29 is 8.78 Å². The molecule has 4 heteroatoms. The molecular weight excluding hydrogens is 955 g/mol. The Morgan fingerprint density at radius 2 is 0.667 bits per heavy atom. The van der Waals surface area contributed by atoms with Crippen molar-refractivity contribution in [2.75, 3.05) is 9.80 Å². The van der Waals surface area contributed by atoms with E-state index in [2.05, 4.69) is 233 Å². The fraction of sp³-hybridized carbons (Fsp3) is 0.108. The van der Waals surface area contributed by atoms with Crippen molar-refractivity contribution >= 4 is 66.4 Å². The van der Waals surface area contributed by atoms with Crippen LogP contribution in [0.25, 0.3) is 76.8 Å². The monoisotopic (exact) mass is 1010 g/mol. The Hall–Kier alpha value is -9.12. The van der Waals surface area contributed by atoms with E-state index < -0.39 is 10.8 Å². The van der Waals surface area contributed by atoms with E-state index in [9.17, 15) is 0 Å². The zero-order valence-corrected chi connectivity index (χ0v) is 44.6.